The first kappa shape index (κ1) is 19.9. The molecule has 0 saturated heterocycles. The summed E-state index contributed by atoms with van der Waals surface area (Å²) in [6.07, 6.45) is 2.98. The molecule has 0 fully saturated rings. The Balaban J connectivity index is 3.73. The average Bonchev–Trinajstić information content (AvgIpc) is 2.55. The molecular formula is C18H29N3O3. The lowest BCUT2D eigenvalue weighted by Gasteiger charge is -2.18. The van der Waals surface area contributed by atoms with Crippen molar-refractivity contribution in [1.29, 1.82) is 0 Å². The number of allylic oxidation sites excluding steroid dienone is 1. The monoisotopic (exact) mass is 335 g/mol. The number of ether oxygens (including phenoxy) is 1. The van der Waals surface area contributed by atoms with Crippen molar-refractivity contribution in [2.75, 3.05) is 13.7 Å². The van der Waals surface area contributed by atoms with Gasteiger partial charge in [0, 0.05) is 25.7 Å². The molecule has 0 aliphatic carbocycles. The molecule has 6 heteroatoms. The summed E-state index contributed by atoms with van der Waals surface area (Å²) in [5.74, 6) is 0.347. The lowest BCUT2D eigenvalue weighted by Crippen LogP contribution is -2.43. The van der Waals surface area contributed by atoms with Crippen molar-refractivity contribution in [1.82, 2.24) is 9.13 Å². The van der Waals surface area contributed by atoms with Crippen LogP contribution in [-0.2, 0) is 24.8 Å². The van der Waals surface area contributed by atoms with Crippen LogP contribution >= 0.6 is 0 Å². The molecule has 1 rings (SSSR count). The topological polar surface area (TPSA) is 65.6 Å². The van der Waals surface area contributed by atoms with E-state index in [0.29, 0.717) is 43.1 Å². The van der Waals surface area contributed by atoms with Crippen LogP contribution in [0.15, 0.2) is 26.7 Å². The number of nitrogens with zero attached hydrogens (tertiary/aromatic N) is 3. The zero-order valence-corrected chi connectivity index (χ0v) is 15.5. The fourth-order valence-electron chi connectivity index (χ4n) is 2.54. The van der Waals surface area contributed by atoms with E-state index in [2.05, 4.69) is 18.5 Å². The van der Waals surface area contributed by atoms with Gasteiger partial charge < -0.3 is 4.74 Å². The Bertz CT molecular complexity index is 726. The van der Waals surface area contributed by atoms with E-state index in [4.69, 9.17) is 4.74 Å². The summed E-state index contributed by atoms with van der Waals surface area (Å²) in [6, 6.07) is 0. The first-order valence-electron chi connectivity index (χ1n) is 8.44. The summed E-state index contributed by atoms with van der Waals surface area (Å²) in [7, 11) is 3.04. The Morgan fingerprint density at radius 3 is 2.46 bits per heavy atom. The second kappa shape index (κ2) is 9.25. The third kappa shape index (κ3) is 4.46. The highest BCUT2D eigenvalue weighted by atomic mass is 16.5. The summed E-state index contributed by atoms with van der Waals surface area (Å²) in [5, 5.41) is 0. The Kier molecular flexibility index (Phi) is 7.68. The number of unbranched alkanes of at least 4 members (excludes halogenated alkanes) is 1. The molecule has 0 unspecified atom stereocenters. The van der Waals surface area contributed by atoms with Crippen molar-refractivity contribution in [3.05, 3.63) is 44.2 Å². The largest absolute Gasteiger partial charge is 0.480 e. The van der Waals surface area contributed by atoms with Crippen LogP contribution in [0.2, 0.25) is 0 Å². The third-order valence-corrected chi connectivity index (χ3v) is 3.87. The van der Waals surface area contributed by atoms with Gasteiger partial charge in [-0.05, 0) is 33.1 Å². The quantitative estimate of drug-likeness (QED) is 0.416. The van der Waals surface area contributed by atoms with Crippen LogP contribution in [0.5, 0.6) is 0 Å². The van der Waals surface area contributed by atoms with Crippen LogP contribution < -0.4 is 11.2 Å². The number of aliphatic imine (C=N–C) groups is 1. The van der Waals surface area contributed by atoms with E-state index < -0.39 is 0 Å². The van der Waals surface area contributed by atoms with Crippen LogP contribution in [0.4, 0.5) is 0 Å². The highest BCUT2D eigenvalue weighted by Crippen LogP contribution is 2.12. The van der Waals surface area contributed by atoms with E-state index >= 15 is 0 Å². The Morgan fingerprint density at radius 2 is 1.96 bits per heavy atom. The van der Waals surface area contributed by atoms with Gasteiger partial charge in [0.1, 0.15) is 5.69 Å². The summed E-state index contributed by atoms with van der Waals surface area (Å²) >= 11 is 0. The van der Waals surface area contributed by atoms with Gasteiger partial charge in [-0.1, -0.05) is 18.9 Å². The highest BCUT2D eigenvalue weighted by molar-refractivity contribution is 5.93. The third-order valence-electron chi connectivity index (χ3n) is 3.87. The fourth-order valence-corrected chi connectivity index (χ4v) is 2.54. The van der Waals surface area contributed by atoms with Crippen molar-refractivity contribution in [2.45, 2.75) is 53.0 Å². The smallest absolute Gasteiger partial charge is 0.331 e. The van der Waals surface area contributed by atoms with E-state index in [1.165, 1.54) is 18.7 Å². The van der Waals surface area contributed by atoms with Crippen LogP contribution in [-0.4, -0.2) is 28.7 Å². The summed E-state index contributed by atoms with van der Waals surface area (Å²) in [5.41, 5.74) is 1.45. The molecule has 1 aromatic heterocycles. The second-order valence-electron chi connectivity index (χ2n) is 5.92. The van der Waals surface area contributed by atoms with Gasteiger partial charge in [0.05, 0.1) is 7.11 Å². The van der Waals surface area contributed by atoms with E-state index in [-0.39, 0.29) is 11.2 Å². The van der Waals surface area contributed by atoms with Crippen LogP contribution in [0, 0.1) is 0 Å². The maximum Gasteiger partial charge on any atom is 0.331 e. The molecule has 0 radical (unpaired) electrons. The zero-order valence-electron chi connectivity index (χ0n) is 15.5. The van der Waals surface area contributed by atoms with Gasteiger partial charge in [0.2, 0.25) is 5.90 Å². The molecule has 0 aromatic carbocycles. The van der Waals surface area contributed by atoms with Crippen molar-refractivity contribution in [3.63, 3.8) is 0 Å². The van der Waals surface area contributed by atoms with Crippen molar-refractivity contribution in [3.8, 4) is 0 Å². The molecule has 0 amide bonds. The van der Waals surface area contributed by atoms with Gasteiger partial charge in [-0.3, -0.25) is 18.9 Å². The second-order valence-corrected chi connectivity index (χ2v) is 5.92. The summed E-state index contributed by atoms with van der Waals surface area (Å²) in [6.45, 7) is 10.8. The van der Waals surface area contributed by atoms with E-state index in [9.17, 15) is 9.59 Å². The highest BCUT2D eigenvalue weighted by Gasteiger charge is 2.22. The zero-order chi connectivity index (χ0) is 18.3. The van der Waals surface area contributed by atoms with Gasteiger partial charge in [0.15, 0.2) is 0 Å². The predicted octanol–water partition coefficient (Wildman–Crippen LogP) is 2.27. The molecule has 0 aliphatic heterocycles. The molecule has 0 aliphatic rings. The summed E-state index contributed by atoms with van der Waals surface area (Å²) in [4.78, 5) is 29.7. The molecule has 6 nitrogen and oxygen atoms in total. The van der Waals surface area contributed by atoms with E-state index in [1.54, 1.807) is 4.57 Å². The summed E-state index contributed by atoms with van der Waals surface area (Å²) < 4.78 is 8.21. The first-order valence-corrected chi connectivity index (χ1v) is 8.44. The van der Waals surface area contributed by atoms with Crippen LogP contribution in [0.3, 0.4) is 0 Å². The first-order chi connectivity index (χ1) is 11.4. The van der Waals surface area contributed by atoms with Crippen molar-refractivity contribution >= 4 is 5.90 Å². The molecule has 0 N–H and O–H groups in total. The van der Waals surface area contributed by atoms with Gasteiger partial charge in [0.25, 0.3) is 5.56 Å². The molecule has 24 heavy (non-hydrogen) atoms. The fraction of sp³-hybridized carbons (Fsp3) is 0.611. The van der Waals surface area contributed by atoms with E-state index in [1.807, 2.05) is 13.8 Å². The van der Waals surface area contributed by atoms with Gasteiger partial charge >= 0.3 is 5.69 Å². The SMILES string of the molecule is C=C(C)CCc1c(C(=NCC)OC)n(CCCC)c(=O)n(C)c1=O. The van der Waals surface area contributed by atoms with Crippen LogP contribution in [0.25, 0.3) is 0 Å². The number of hydrogen-bond donors (Lipinski definition) is 0. The molecule has 134 valence electrons. The molecular weight excluding hydrogens is 306 g/mol. The predicted molar refractivity (Wildman–Crippen MR) is 98.1 cm³/mol. The average molecular weight is 335 g/mol. The Hall–Kier alpha value is -2.11. The minimum atomic E-state index is -0.330. The Labute approximate surface area is 143 Å². The Morgan fingerprint density at radius 1 is 1.29 bits per heavy atom. The van der Waals surface area contributed by atoms with Crippen molar-refractivity contribution in [2.24, 2.45) is 12.0 Å². The minimum Gasteiger partial charge on any atom is -0.480 e. The maximum absolute atomic E-state index is 12.7. The van der Waals surface area contributed by atoms with Crippen molar-refractivity contribution < 1.29 is 4.74 Å². The van der Waals surface area contributed by atoms with Crippen LogP contribution in [0.1, 0.15) is 51.3 Å². The standard InChI is InChI=1S/C18H29N3O3/c1-7-9-12-21-15(16(24-6)19-8-2)14(11-10-13(3)4)17(22)20(5)18(21)23/h3,7-12H2,1-2,4-6H3. The van der Waals surface area contributed by atoms with E-state index in [0.717, 1.165) is 18.4 Å². The molecule has 0 spiro atoms. The van der Waals surface area contributed by atoms with Gasteiger partial charge in [-0.15, -0.1) is 6.58 Å². The molecule has 1 aromatic rings. The van der Waals surface area contributed by atoms with Gasteiger partial charge in [-0.2, -0.15) is 0 Å². The molecule has 1 heterocycles. The lowest BCUT2D eigenvalue weighted by molar-refractivity contribution is 0.394. The molecule has 0 saturated carbocycles. The minimum absolute atomic E-state index is 0.287. The number of methoxy groups -OCH3 is 1. The normalized spacial score (nSPS) is 11.6. The maximum atomic E-state index is 12.7. The molecule has 0 atom stereocenters. The molecule has 0 bridgehead atoms. The van der Waals surface area contributed by atoms with Gasteiger partial charge in [-0.25, -0.2) is 4.79 Å². The lowest BCUT2D eigenvalue weighted by atomic mass is 10.1. The number of rotatable bonds is 8. The number of hydrogen-bond acceptors (Lipinski definition) is 4. The number of aromatic nitrogens is 2.